The number of hydrogen-bond acceptors (Lipinski definition) is 6. The van der Waals surface area contributed by atoms with Crippen LogP contribution in [0.1, 0.15) is 0 Å². The Morgan fingerprint density at radius 1 is 1.32 bits per heavy atom. The standard InChI is InChI=1S/C13H15N3O4S2/c1-16(2)12(17)9-20-10-3-5-11(6-4-10)22(18,19)15-13-14-7-8-21-13/h3-8H,9H2,1-2H3,(H,14,15). The van der Waals surface area contributed by atoms with Crippen molar-refractivity contribution in [3.8, 4) is 5.75 Å². The highest BCUT2D eigenvalue weighted by molar-refractivity contribution is 7.93. The Labute approximate surface area is 132 Å². The largest absolute Gasteiger partial charge is 0.484 e. The molecule has 1 heterocycles. The zero-order valence-electron chi connectivity index (χ0n) is 12.0. The minimum absolute atomic E-state index is 0.0917. The second kappa shape index (κ2) is 6.75. The van der Waals surface area contributed by atoms with Crippen LogP contribution in [0.15, 0.2) is 40.7 Å². The lowest BCUT2D eigenvalue weighted by atomic mass is 10.3. The lowest BCUT2D eigenvalue weighted by molar-refractivity contribution is -0.130. The third-order valence-corrected chi connectivity index (χ3v) is 4.82. The van der Waals surface area contributed by atoms with Gasteiger partial charge in [-0.15, -0.1) is 11.3 Å². The van der Waals surface area contributed by atoms with E-state index in [1.54, 1.807) is 19.5 Å². The monoisotopic (exact) mass is 341 g/mol. The molecule has 0 atom stereocenters. The van der Waals surface area contributed by atoms with Crippen molar-refractivity contribution in [2.24, 2.45) is 0 Å². The fourth-order valence-corrected chi connectivity index (χ4v) is 3.23. The molecule has 0 saturated carbocycles. The summed E-state index contributed by atoms with van der Waals surface area (Å²) < 4.78 is 31.9. The quantitative estimate of drug-likeness (QED) is 0.858. The highest BCUT2D eigenvalue weighted by Gasteiger charge is 2.15. The molecule has 0 aliphatic heterocycles. The van der Waals surface area contributed by atoms with E-state index >= 15 is 0 Å². The molecular formula is C13H15N3O4S2. The van der Waals surface area contributed by atoms with Gasteiger partial charge >= 0.3 is 0 Å². The number of aromatic nitrogens is 1. The molecule has 9 heteroatoms. The number of anilines is 1. The molecule has 1 amide bonds. The molecule has 22 heavy (non-hydrogen) atoms. The number of nitrogens with zero attached hydrogens (tertiary/aromatic N) is 2. The molecule has 7 nitrogen and oxygen atoms in total. The molecule has 0 bridgehead atoms. The van der Waals surface area contributed by atoms with E-state index in [9.17, 15) is 13.2 Å². The maximum atomic E-state index is 12.1. The number of hydrogen-bond donors (Lipinski definition) is 1. The first kappa shape index (κ1) is 16.2. The molecule has 118 valence electrons. The molecule has 0 radical (unpaired) electrons. The summed E-state index contributed by atoms with van der Waals surface area (Å²) in [5.41, 5.74) is 0. The maximum absolute atomic E-state index is 12.1. The number of sulfonamides is 1. The number of ether oxygens (including phenoxy) is 1. The molecule has 2 rings (SSSR count). The molecule has 0 unspecified atom stereocenters. The second-order valence-corrected chi connectivity index (χ2v) is 7.07. The molecular weight excluding hydrogens is 326 g/mol. The number of carbonyl (C=O) groups excluding carboxylic acids is 1. The molecule has 1 aromatic carbocycles. The van der Waals surface area contributed by atoms with Crippen molar-refractivity contribution >= 4 is 32.4 Å². The molecule has 0 saturated heterocycles. The second-order valence-electron chi connectivity index (χ2n) is 4.49. The van der Waals surface area contributed by atoms with Gasteiger partial charge in [0.2, 0.25) is 0 Å². The summed E-state index contributed by atoms with van der Waals surface area (Å²) in [6, 6.07) is 5.82. The smallest absolute Gasteiger partial charge is 0.263 e. The van der Waals surface area contributed by atoms with E-state index in [-0.39, 0.29) is 17.4 Å². The topological polar surface area (TPSA) is 88.6 Å². The number of thiazole rings is 1. The molecule has 1 N–H and O–H groups in total. The zero-order chi connectivity index (χ0) is 16.2. The van der Waals surface area contributed by atoms with Crippen LogP contribution in [0.3, 0.4) is 0 Å². The Bertz CT molecular complexity index is 725. The molecule has 1 aromatic heterocycles. The molecule has 2 aromatic rings. The van der Waals surface area contributed by atoms with E-state index in [1.165, 1.54) is 46.7 Å². The summed E-state index contributed by atoms with van der Waals surface area (Å²) >= 11 is 1.19. The minimum atomic E-state index is -3.68. The number of benzene rings is 1. The first-order valence-electron chi connectivity index (χ1n) is 6.24. The SMILES string of the molecule is CN(C)C(=O)COc1ccc(S(=O)(=O)Nc2nccs2)cc1. The van der Waals surface area contributed by atoms with Crippen LogP contribution in [0, 0.1) is 0 Å². The van der Waals surface area contributed by atoms with Crippen molar-refractivity contribution in [2.45, 2.75) is 4.90 Å². The summed E-state index contributed by atoms with van der Waals surface area (Å²) in [5, 5.41) is 1.98. The van der Waals surface area contributed by atoms with Gasteiger partial charge in [0.15, 0.2) is 11.7 Å². The fourth-order valence-electron chi connectivity index (χ4n) is 1.44. The Balaban J connectivity index is 2.03. The van der Waals surface area contributed by atoms with Crippen LogP contribution in [0.4, 0.5) is 5.13 Å². The fraction of sp³-hybridized carbons (Fsp3) is 0.231. The highest BCUT2D eigenvalue weighted by Crippen LogP contribution is 2.20. The van der Waals surface area contributed by atoms with Gasteiger partial charge in [-0.05, 0) is 24.3 Å². The van der Waals surface area contributed by atoms with Crippen LogP contribution in [-0.2, 0) is 14.8 Å². The summed E-state index contributed by atoms with van der Waals surface area (Å²) in [4.78, 5) is 16.8. The lowest BCUT2D eigenvalue weighted by Crippen LogP contribution is -2.27. The predicted molar refractivity (Wildman–Crippen MR) is 83.6 cm³/mol. The summed E-state index contributed by atoms with van der Waals surface area (Å²) in [6.07, 6.45) is 1.52. The van der Waals surface area contributed by atoms with Gasteiger partial charge in [-0.1, -0.05) is 0 Å². The minimum Gasteiger partial charge on any atom is -0.484 e. The lowest BCUT2D eigenvalue weighted by Gasteiger charge is -2.11. The van der Waals surface area contributed by atoms with Crippen LogP contribution in [0.5, 0.6) is 5.75 Å². The van der Waals surface area contributed by atoms with Gasteiger partial charge in [0, 0.05) is 25.7 Å². The Morgan fingerprint density at radius 2 is 2.00 bits per heavy atom. The number of amides is 1. The molecule has 0 spiro atoms. The van der Waals surface area contributed by atoms with E-state index < -0.39 is 10.0 Å². The van der Waals surface area contributed by atoms with Gasteiger partial charge in [-0.25, -0.2) is 13.4 Å². The predicted octanol–water partition coefficient (Wildman–Crippen LogP) is 1.41. The van der Waals surface area contributed by atoms with Crippen molar-refractivity contribution in [1.82, 2.24) is 9.88 Å². The summed E-state index contributed by atoms with van der Waals surface area (Å²) in [6.45, 7) is -0.101. The Hall–Kier alpha value is -2.13. The van der Waals surface area contributed by atoms with Gasteiger partial charge in [0.05, 0.1) is 4.90 Å². The molecule has 0 aliphatic rings. The van der Waals surface area contributed by atoms with Gasteiger partial charge in [-0.3, -0.25) is 9.52 Å². The Morgan fingerprint density at radius 3 is 2.55 bits per heavy atom. The first-order valence-corrected chi connectivity index (χ1v) is 8.60. The normalized spacial score (nSPS) is 11.0. The zero-order valence-corrected chi connectivity index (χ0v) is 13.6. The third-order valence-electron chi connectivity index (χ3n) is 2.65. The van der Waals surface area contributed by atoms with E-state index in [0.717, 1.165) is 0 Å². The maximum Gasteiger partial charge on any atom is 0.263 e. The van der Waals surface area contributed by atoms with Crippen molar-refractivity contribution in [3.05, 3.63) is 35.8 Å². The average molecular weight is 341 g/mol. The Kier molecular flexibility index (Phi) is 4.99. The van der Waals surface area contributed by atoms with Gasteiger partial charge < -0.3 is 9.64 Å². The van der Waals surface area contributed by atoms with E-state index in [2.05, 4.69) is 9.71 Å². The van der Waals surface area contributed by atoms with Gasteiger partial charge in [0.1, 0.15) is 5.75 Å². The van der Waals surface area contributed by atoms with Crippen molar-refractivity contribution in [1.29, 1.82) is 0 Å². The van der Waals surface area contributed by atoms with E-state index in [1.807, 2.05) is 0 Å². The third kappa shape index (κ3) is 4.18. The van der Waals surface area contributed by atoms with Crippen molar-refractivity contribution in [2.75, 3.05) is 25.4 Å². The number of carbonyl (C=O) groups is 1. The first-order chi connectivity index (χ1) is 10.4. The van der Waals surface area contributed by atoms with E-state index in [4.69, 9.17) is 4.74 Å². The summed E-state index contributed by atoms with van der Waals surface area (Å²) in [5.74, 6) is 0.241. The average Bonchev–Trinajstić information content (AvgIpc) is 2.97. The van der Waals surface area contributed by atoms with E-state index in [0.29, 0.717) is 10.9 Å². The van der Waals surface area contributed by atoms with Gasteiger partial charge in [0.25, 0.3) is 15.9 Å². The van der Waals surface area contributed by atoms with Gasteiger partial charge in [-0.2, -0.15) is 0 Å². The van der Waals surface area contributed by atoms with Crippen molar-refractivity contribution in [3.63, 3.8) is 0 Å². The number of rotatable bonds is 6. The van der Waals surface area contributed by atoms with Crippen LogP contribution in [0.25, 0.3) is 0 Å². The molecule has 0 aliphatic carbocycles. The van der Waals surface area contributed by atoms with Crippen LogP contribution in [-0.4, -0.2) is 44.9 Å². The van der Waals surface area contributed by atoms with Crippen LogP contribution >= 0.6 is 11.3 Å². The van der Waals surface area contributed by atoms with Crippen LogP contribution in [0.2, 0.25) is 0 Å². The molecule has 0 fully saturated rings. The highest BCUT2D eigenvalue weighted by atomic mass is 32.2. The van der Waals surface area contributed by atoms with Crippen molar-refractivity contribution < 1.29 is 17.9 Å². The summed E-state index contributed by atoms with van der Waals surface area (Å²) in [7, 11) is -0.416. The number of likely N-dealkylation sites (N-methyl/N-ethyl adjacent to an activating group) is 1. The van der Waals surface area contributed by atoms with Crippen LogP contribution < -0.4 is 9.46 Å². The number of nitrogens with one attached hydrogen (secondary N) is 1.